The Morgan fingerprint density at radius 2 is 1.87 bits per heavy atom. The molecule has 0 radical (unpaired) electrons. The SMILES string of the molecule is C[C@H]1CN(C2CCN(c3cc(C(C)(C)O)ccn3)CC2)[C@@H](Cc2ccc(Cl)cc2)CO1. The molecule has 2 aliphatic heterocycles. The van der Waals surface area contributed by atoms with Gasteiger partial charge in [0.1, 0.15) is 5.82 Å². The number of hydrogen-bond donors (Lipinski definition) is 1. The molecule has 0 spiro atoms. The predicted molar refractivity (Wildman–Crippen MR) is 126 cm³/mol. The van der Waals surface area contributed by atoms with Gasteiger partial charge in [0.15, 0.2) is 0 Å². The highest BCUT2D eigenvalue weighted by molar-refractivity contribution is 6.30. The molecule has 2 aliphatic rings. The van der Waals surface area contributed by atoms with Crippen LogP contribution >= 0.6 is 11.6 Å². The van der Waals surface area contributed by atoms with E-state index in [4.69, 9.17) is 16.3 Å². The van der Waals surface area contributed by atoms with E-state index in [0.29, 0.717) is 12.1 Å². The molecule has 1 aromatic carbocycles. The quantitative estimate of drug-likeness (QED) is 0.748. The van der Waals surface area contributed by atoms with Gasteiger partial charge in [-0.25, -0.2) is 4.98 Å². The van der Waals surface area contributed by atoms with Gasteiger partial charge in [0, 0.05) is 42.9 Å². The third kappa shape index (κ3) is 5.58. The minimum Gasteiger partial charge on any atom is -0.386 e. The number of aliphatic hydroxyl groups is 1. The maximum Gasteiger partial charge on any atom is 0.128 e. The van der Waals surface area contributed by atoms with Crippen molar-refractivity contribution in [3.8, 4) is 0 Å². The second kappa shape index (κ2) is 9.45. The second-order valence-corrected chi connectivity index (χ2v) is 9.94. The Labute approximate surface area is 191 Å². The maximum absolute atomic E-state index is 10.3. The molecule has 2 fully saturated rings. The topological polar surface area (TPSA) is 48.8 Å². The van der Waals surface area contributed by atoms with E-state index in [1.165, 1.54) is 5.56 Å². The van der Waals surface area contributed by atoms with Gasteiger partial charge in [0.2, 0.25) is 0 Å². The van der Waals surface area contributed by atoms with Crippen molar-refractivity contribution in [1.29, 1.82) is 0 Å². The van der Waals surface area contributed by atoms with Gasteiger partial charge in [-0.1, -0.05) is 23.7 Å². The van der Waals surface area contributed by atoms with Gasteiger partial charge in [0.05, 0.1) is 18.3 Å². The lowest BCUT2D eigenvalue weighted by atomic mass is 9.96. The standard InChI is InChI=1S/C25H34ClN3O2/c1-18-16-29(23(17-31-18)14-19-4-6-21(26)7-5-19)22-9-12-28(13-10-22)24-15-20(8-11-27-24)25(2,3)30/h4-8,11,15,18,22-23,30H,9-10,12-14,16-17H2,1-3H3/t18-,23-/m0/s1. The minimum atomic E-state index is -0.852. The summed E-state index contributed by atoms with van der Waals surface area (Å²) in [5, 5.41) is 11.1. The molecule has 168 valence electrons. The number of rotatable bonds is 5. The van der Waals surface area contributed by atoms with Crippen LogP contribution in [0.4, 0.5) is 5.82 Å². The summed E-state index contributed by atoms with van der Waals surface area (Å²) in [4.78, 5) is 9.61. The lowest BCUT2D eigenvalue weighted by Gasteiger charge is -2.46. The second-order valence-electron chi connectivity index (χ2n) is 9.51. The fourth-order valence-corrected chi connectivity index (χ4v) is 4.91. The van der Waals surface area contributed by atoms with Crippen molar-refractivity contribution in [2.45, 2.75) is 63.8 Å². The fraction of sp³-hybridized carbons (Fsp3) is 0.560. The molecule has 3 heterocycles. The van der Waals surface area contributed by atoms with Gasteiger partial charge < -0.3 is 14.7 Å². The van der Waals surface area contributed by atoms with Crippen molar-refractivity contribution in [2.75, 3.05) is 31.1 Å². The van der Waals surface area contributed by atoms with E-state index in [1.807, 2.05) is 38.1 Å². The Bertz CT molecular complexity index is 860. The van der Waals surface area contributed by atoms with Crippen molar-refractivity contribution in [2.24, 2.45) is 0 Å². The summed E-state index contributed by atoms with van der Waals surface area (Å²) < 4.78 is 6.03. The number of benzene rings is 1. The van der Waals surface area contributed by atoms with E-state index in [2.05, 4.69) is 33.8 Å². The van der Waals surface area contributed by atoms with Gasteiger partial charge in [0.25, 0.3) is 0 Å². The van der Waals surface area contributed by atoms with Crippen LogP contribution in [0, 0.1) is 0 Å². The molecule has 31 heavy (non-hydrogen) atoms. The number of piperidine rings is 1. The highest BCUT2D eigenvalue weighted by atomic mass is 35.5. The molecule has 5 nitrogen and oxygen atoms in total. The first-order chi connectivity index (χ1) is 14.8. The summed E-state index contributed by atoms with van der Waals surface area (Å²) in [5.74, 6) is 0.964. The van der Waals surface area contributed by atoms with Crippen LogP contribution < -0.4 is 4.90 Å². The van der Waals surface area contributed by atoms with Crippen LogP contribution in [0.25, 0.3) is 0 Å². The Morgan fingerprint density at radius 3 is 2.55 bits per heavy atom. The van der Waals surface area contributed by atoms with Gasteiger partial charge in [-0.3, -0.25) is 4.90 Å². The Balaban J connectivity index is 1.41. The molecule has 2 atom stereocenters. The van der Waals surface area contributed by atoms with Crippen LogP contribution in [-0.2, 0) is 16.8 Å². The zero-order valence-electron chi connectivity index (χ0n) is 18.8. The van der Waals surface area contributed by atoms with Gasteiger partial charge in [-0.15, -0.1) is 0 Å². The van der Waals surface area contributed by atoms with Crippen LogP contribution in [-0.4, -0.2) is 59.4 Å². The number of morpholine rings is 1. The van der Waals surface area contributed by atoms with E-state index in [1.54, 1.807) is 6.20 Å². The van der Waals surface area contributed by atoms with Crippen LogP contribution in [0.15, 0.2) is 42.6 Å². The van der Waals surface area contributed by atoms with E-state index in [9.17, 15) is 5.11 Å². The Kier molecular flexibility index (Phi) is 6.87. The van der Waals surface area contributed by atoms with Crippen molar-refractivity contribution in [3.63, 3.8) is 0 Å². The summed E-state index contributed by atoms with van der Waals surface area (Å²) in [6.07, 6.45) is 5.28. The number of anilines is 1. The van der Waals surface area contributed by atoms with Crippen molar-refractivity contribution < 1.29 is 9.84 Å². The van der Waals surface area contributed by atoms with E-state index < -0.39 is 5.60 Å². The Hall–Kier alpha value is -1.66. The number of aromatic nitrogens is 1. The first kappa shape index (κ1) is 22.5. The molecule has 0 aliphatic carbocycles. The average molecular weight is 444 g/mol. The summed E-state index contributed by atoms with van der Waals surface area (Å²) >= 11 is 6.06. The minimum absolute atomic E-state index is 0.268. The molecule has 0 bridgehead atoms. The number of halogens is 1. The smallest absolute Gasteiger partial charge is 0.128 e. The normalized spacial score (nSPS) is 23.8. The predicted octanol–water partition coefficient (Wildman–Crippen LogP) is 4.26. The lowest BCUT2D eigenvalue weighted by Crippen LogP contribution is -2.56. The molecule has 1 N–H and O–H groups in total. The molecule has 1 aromatic heterocycles. The maximum atomic E-state index is 10.3. The Morgan fingerprint density at radius 1 is 1.16 bits per heavy atom. The van der Waals surface area contributed by atoms with Crippen molar-refractivity contribution in [3.05, 3.63) is 58.7 Å². The van der Waals surface area contributed by atoms with Crippen LogP contribution in [0.1, 0.15) is 44.7 Å². The van der Waals surface area contributed by atoms with Crippen molar-refractivity contribution >= 4 is 17.4 Å². The molecule has 0 amide bonds. The third-order valence-corrected chi connectivity index (χ3v) is 6.86. The van der Waals surface area contributed by atoms with Gasteiger partial charge >= 0.3 is 0 Å². The zero-order valence-corrected chi connectivity index (χ0v) is 19.6. The van der Waals surface area contributed by atoms with E-state index in [-0.39, 0.29) is 6.10 Å². The number of nitrogens with zero attached hydrogens (tertiary/aromatic N) is 3. The molecular weight excluding hydrogens is 410 g/mol. The zero-order chi connectivity index (χ0) is 22.0. The first-order valence-corrected chi connectivity index (χ1v) is 11.7. The molecule has 6 heteroatoms. The average Bonchev–Trinajstić information content (AvgIpc) is 2.76. The summed E-state index contributed by atoms with van der Waals surface area (Å²) in [5.41, 5.74) is 1.36. The summed E-state index contributed by atoms with van der Waals surface area (Å²) in [6, 6.07) is 13.1. The highest BCUT2D eigenvalue weighted by Gasteiger charge is 2.34. The molecule has 0 saturated carbocycles. The highest BCUT2D eigenvalue weighted by Crippen LogP contribution is 2.28. The van der Waals surface area contributed by atoms with Crippen LogP contribution in [0.3, 0.4) is 0 Å². The van der Waals surface area contributed by atoms with E-state index in [0.717, 1.165) is 61.9 Å². The molecule has 0 unspecified atom stereocenters. The molecule has 4 rings (SSSR count). The lowest BCUT2D eigenvalue weighted by molar-refractivity contribution is -0.0745. The fourth-order valence-electron chi connectivity index (χ4n) is 4.78. The third-order valence-electron chi connectivity index (χ3n) is 6.60. The number of ether oxygens (including phenoxy) is 1. The summed E-state index contributed by atoms with van der Waals surface area (Å²) in [7, 11) is 0. The number of pyridine rings is 1. The number of hydrogen-bond acceptors (Lipinski definition) is 5. The largest absolute Gasteiger partial charge is 0.386 e. The summed E-state index contributed by atoms with van der Waals surface area (Å²) in [6.45, 7) is 9.53. The molecule has 2 aromatic rings. The van der Waals surface area contributed by atoms with Crippen LogP contribution in [0.2, 0.25) is 5.02 Å². The molecule has 2 saturated heterocycles. The monoisotopic (exact) mass is 443 g/mol. The molecular formula is C25H34ClN3O2. The van der Waals surface area contributed by atoms with Crippen molar-refractivity contribution in [1.82, 2.24) is 9.88 Å². The van der Waals surface area contributed by atoms with E-state index >= 15 is 0 Å². The first-order valence-electron chi connectivity index (χ1n) is 11.4. The van der Waals surface area contributed by atoms with Gasteiger partial charge in [-0.2, -0.15) is 0 Å². The van der Waals surface area contributed by atoms with Gasteiger partial charge in [-0.05, 0) is 75.4 Å². The van der Waals surface area contributed by atoms with Crippen LogP contribution in [0.5, 0.6) is 0 Å².